The molecule has 0 radical (unpaired) electrons. The van der Waals surface area contributed by atoms with Gasteiger partial charge in [0, 0.05) is 32.6 Å². The average Bonchev–Trinajstić information content (AvgIpc) is 2.93. The largest absolute Gasteiger partial charge is 0.340 e. The number of amides is 1. The Morgan fingerprint density at radius 3 is 2.38 bits per heavy atom. The molecule has 0 aromatic heterocycles. The summed E-state index contributed by atoms with van der Waals surface area (Å²) in [5.41, 5.74) is 0. The number of carbonyl (C=O) groups is 1. The smallest absolute Gasteiger partial charge is 0.246 e. The van der Waals surface area contributed by atoms with Crippen LogP contribution in [0, 0.1) is 11.7 Å². The molecule has 2 aliphatic rings. The van der Waals surface area contributed by atoms with Crippen molar-refractivity contribution < 1.29 is 26.0 Å². The van der Waals surface area contributed by atoms with Crippen molar-refractivity contribution in [2.24, 2.45) is 5.92 Å². The summed E-state index contributed by atoms with van der Waals surface area (Å²) in [6.07, 6.45) is 0.662. The summed E-state index contributed by atoms with van der Waals surface area (Å²) >= 11 is 0. The molecule has 2 fully saturated rings. The van der Waals surface area contributed by atoms with E-state index >= 15 is 0 Å². The fourth-order valence-electron chi connectivity index (χ4n) is 3.38. The molecule has 2 aliphatic heterocycles. The van der Waals surface area contributed by atoms with E-state index in [2.05, 4.69) is 0 Å². The van der Waals surface area contributed by atoms with E-state index in [0.717, 1.165) is 6.07 Å². The number of nitrogens with zero attached hydrogens (tertiary/aromatic N) is 2. The summed E-state index contributed by atoms with van der Waals surface area (Å²) in [7, 11) is -6.97. The van der Waals surface area contributed by atoms with Gasteiger partial charge in [0.1, 0.15) is 10.7 Å². The highest BCUT2D eigenvalue weighted by molar-refractivity contribution is 7.91. The first kappa shape index (κ1) is 19.2. The van der Waals surface area contributed by atoms with Crippen LogP contribution in [-0.4, -0.2) is 69.6 Å². The summed E-state index contributed by atoms with van der Waals surface area (Å²) in [6, 6.07) is 5.21. The monoisotopic (exact) mass is 404 g/mol. The molecule has 0 spiro atoms. The highest BCUT2D eigenvalue weighted by Gasteiger charge is 2.34. The maximum Gasteiger partial charge on any atom is 0.246 e. The van der Waals surface area contributed by atoms with Gasteiger partial charge in [-0.2, -0.15) is 4.31 Å². The maximum absolute atomic E-state index is 13.8. The number of hydrogen-bond acceptors (Lipinski definition) is 5. The van der Waals surface area contributed by atoms with Gasteiger partial charge in [0.05, 0.1) is 11.5 Å². The minimum atomic E-state index is -3.94. The third-order valence-electron chi connectivity index (χ3n) is 4.84. The van der Waals surface area contributed by atoms with Gasteiger partial charge in [-0.05, 0) is 24.5 Å². The summed E-state index contributed by atoms with van der Waals surface area (Å²) in [6.45, 7) is 0.606. The molecule has 3 rings (SSSR count). The first-order valence-electron chi connectivity index (χ1n) is 8.42. The summed E-state index contributed by atoms with van der Waals surface area (Å²) in [5, 5.41) is 0. The van der Waals surface area contributed by atoms with Gasteiger partial charge in [-0.1, -0.05) is 12.1 Å². The minimum absolute atomic E-state index is 0.0420. The van der Waals surface area contributed by atoms with E-state index in [-0.39, 0.29) is 60.8 Å². The number of sulfone groups is 1. The van der Waals surface area contributed by atoms with Crippen LogP contribution >= 0.6 is 0 Å². The van der Waals surface area contributed by atoms with E-state index in [9.17, 15) is 26.0 Å². The van der Waals surface area contributed by atoms with E-state index < -0.39 is 25.7 Å². The number of benzene rings is 1. The second-order valence-electron chi connectivity index (χ2n) is 6.69. The fraction of sp³-hybridized carbons (Fsp3) is 0.562. The van der Waals surface area contributed by atoms with Crippen LogP contribution in [0.25, 0.3) is 0 Å². The molecule has 0 N–H and O–H groups in total. The van der Waals surface area contributed by atoms with Crippen molar-refractivity contribution in [1.82, 2.24) is 9.21 Å². The minimum Gasteiger partial charge on any atom is -0.340 e. The van der Waals surface area contributed by atoms with Crippen molar-refractivity contribution in [3.63, 3.8) is 0 Å². The van der Waals surface area contributed by atoms with E-state index in [4.69, 9.17) is 0 Å². The highest BCUT2D eigenvalue weighted by atomic mass is 32.2. The van der Waals surface area contributed by atoms with Gasteiger partial charge in [-0.15, -0.1) is 0 Å². The van der Waals surface area contributed by atoms with Gasteiger partial charge in [-0.3, -0.25) is 4.79 Å². The number of halogens is 1. The third-order valence-corrected chi connectivity index (χ3v) is 8.60. The molecule has 0 bridgehead atoms. The predicted molar refractivity (Wildman–Crippen MR) is 93.1 cm³/mol. The topological polar surface area (TPSA) is 91.8 Å². The zero-order valence-electron chi connectivity index (χ0n) is 14.2. The number of rotatable bonds is 4. The van der Waals surface area contributed by atoms with Gasteiger partial charge in [0.25, 0.3) is 0 Å². The summed E-state index contributed by atoms with van der Waals surface area (Å²) in [4.78, 5) is 13.5. The zero-order valence-corrected chi connectivity index (χ0v) is 15.8. The molecule has 1 aromatic carbocycles. The lowest BCUT2D eigenvalue weighted by molar-refractivity contribution is -0.133. The van der Waals surface area contributed by atoms with E-state index in [1.165, 1.54) is 22.5 Å². The molecule has 1 amide bonds. The lowest BCUT2D eigenvalue weighted by Crippen LogP contribution is -2.50. The van der Waals surface area contributed by atoms with E-state index in [1.54, 1.807) is 4.90 Å². The van der Waals surface area contributed by atoms with Crippen LogP contribution in [0.1, 0.15) is 12.8 Å². The van der Waals surface area contributed by atoms with E-state index in [0.29, 0.717) is 6.42 Å². The Morgan fingerprint density at radius 2 is 1.81 bits per heavy atom. The van der Waals surface area contributed by atoms with Crippen molar-refractivity contribution >= 4 is 25.8 Å². The molecule has 1 atom stereocenters. The Balaban J connectivity index is 1.59. The first-order valence-corrected chi connectivity index (χ1v) is 11.7. The van der Waals surface area contributed by atoms with Crippen LogP contribution in [0.15, 0.2) is 29.2 Å². The summed E-state index contributed by atoms with van der Waals surface area (Å²) in [5.74, 6) is -0.948. The second-order valence-corrected chi connectivity index (χ2v) is 10.8. The molecular formula is C16H21FN2O5S2. The number of piperazine rings is 1. The zero-order chi connectivity index (χ0) is 18.9. The van der Waals surface area contributed by atoms with Crippen LogP contribution < -0.4 is 0 Å². The standard InChI is InChI=1S/C16H21FN2O5S2/c17-14-3-1-2-4-15(14)26(23,24)19-8-6-18(7-9-19)16(20)11-13-5-10-25(21,22)12-13/h1-4,13H,5-12H2/t13-/m0/s1. The van der Waals surface area contributed by atoms with Gasteiger partial charge >= 0.3 is 0 Å². The molecular weight excluding hydrogens is 383 g/mol. The van der Waals surface area contributed by atoms with Crippen LogP contribution in [0.5, 0.6) is 0 Å². The molecule has 2 heterocycles. The number of hydrogen-bond donors (Lipinski definition) is 0. The Hall–Kier alpha value is -1.52. The molecule has 1 aromatic rings. The van der Waals surface area contributed by atoms with Gasteiger partial charge in [-0.25, -0.2) is 21.2 Å². The SMILES string of the molecule is O=C(C[C@@H]1CCS(=O)(=O)C1)N1CCN(S(=O)(=O)c2ccccc2F)CC1. The third kappa shape index (κ3) is 4.07. The Bertz CT molecular complexity index is 893. The van der Waals surface area contributed by atoms with Crippen LogP contribution in [0.4, 0.5) is 4.39 Å². The fourth-order valence-corrected chi connectivity index (χ4v) is 6.73. The normalized spacial score (nSPS) is 23.9. The Kier molecular flexibility index (Phi) is 5.36. The van der Waals surface area contributed by atoms with Crippen LogP contribution in [0.3, 0.4) is 0 Å². The lowest BCUT2D eigenvalue weighted by Gasteiger charge is -2.34. The van der Waals surface area contributed by atoms with Crippen molar-refractivity contribution in [3.8, 4) is 0 Å². The van der Waals surface area contributed by atoms with Gasteiger partial charge < -0.3 is 4.90 Å². The van der Waals surface area contributed by atoms with Gasteiger partial charge in [0.2, 0.25) is 15.9 Å². The van der Waals surface area contributed by atoms with E-state index in [1.807, 2.05) is 0 Å². The molecule has 7 nitrogen and oxygen atoms in total. The molecule has 26 heavy (non-hydrogen) atoms. The van der Waals surface area contributed by atoms with Gasteiger partial charge in [0.15, 0.2) is 9.84 Å². The van der Waals surface area contributed by atoms with Crippen LogP contribution in [0.2, 0.25) is 0 Å². The van der Waals surface area contributed by atoms with Crippen molar-refractivity contribution in [2.45, 2.75) is 17.7 Å². The molecule has 10 heteroatoms. The molecule has 0 saturated carbocycles. The van der Waals surface area contributed by atoms with Crippen molar-refractivity contribution in [2.75, 3.05) is 37.7 Å². The van der Waals surface area contributed by atoms with Crippen LogP contribution in [-0.2, 0) is 24.7 Å². The summed E-state index contributed by atoms with van der Waals surface area (Å²) < 4.78 is 63.1. The first-order chi connectivity index (χ1) is 12.2. The molecule has 0 unspecified atom stereocenters. The Labute approximate surface area is 152 Å². The quantitative estimate of drug-likeness (QED) is 0.728. The van der Waals surface area contributed by atoms with Crippen molar-refractivity contribution in [3.05, 3.63) is 30.1 Å². The maximum atomic E-state index is 13.8. The molecule has 144 valence electrons. The molecule has 2 saturated heterocycles. The van der Waals surface area contributed by atoms with Crippen molar-refractivity contribution in [1.29, 1.82) is 0 Å². The predicted octanol–water partition coefficient (Wildman–Crippen LogP) is 0.483. The number of carbonyl (C=O) groups excluding carboxylic acids is 1. The number of sulfonamides is 1. The second kappa shape index (κ2) is 7.24. The lowest BCUT2D eigenvalue weighted by atomic mass is 10.0. The molecule has 0 aliphatic carbocycles. The Morgan fingerprint density at radius 1 is 1.15 bits per heavy atom. The highest BCUT2D eigenvalue weighted by Crippen LogP contribution is 2.24. The average molecular weight is 404 g/mol.